The molecule has 0 aromatic carbocycles. The molecule has 132 valence electrons. The van der Waals surface area contributed by atoms with Gasteiger partial charge in [-0.15, -0.1) is 0 Å². The summed E-state index contributed by atoms with van der Waals surface area (Å²) in [5, 5.41) is 21.4. The van der Waals surface area contributed by atoms with E-state index in [1.165, 1.54) is 0 Å². The average molecular weight is 332 g/mol. The Kier molecular flexibility index (Phi) is 4.12. The molecule has 0 radical (unpaired) electrons. The van der Waals surface area contributed by atoms with Crippen molar-refractivity contribution in [2.45, 2.75) is 65.1 Å². The molecule has 0 unspecified atom stereocenters. The first kappa shape index (κ1) is 17.6. The van der Waals surface area contributed by atoms with Gasteiger partial charge in [0.2, 0.25) is 0 Å². The SMILES string of the molecule is C=C1C(=O)C2=C[C@H]1CCC(=O)[C@]1(C)[C@H](O)CCC(C)(C)[C@H]1C[C@H]2O. The zero-order chi connectivity index (χ0) is 17.9. The van der Waals surface area contributed by atoms with Crippen LogP contribution in [0.15, 0.2) is 23.8 Å². The van der Waals surface area contributed by atoms with Crippen molar-refractivity contribution < 1.29 is 19.8 Å². The molecule has 24 heavy (non-hydrogen) atoms. The third-order valence-corrected chi connectivity index (χ3v) is 6.90. The number of carbonyl (C=O) groups excluding carboxylic acids is 2. The zero-order valence-corrected chi connectivity index (χ0v) is 14.8. The third-order valence-electron chi connectivity index (χ3n) is 6.90. The highest BCUT2D eigenvalue weighted by Gasteiger charge is 2.56. The monoisotopic (exact) mass is 332 g/mol. The Balaban J connectivity index is 2.07. The number of fused-ring (bicyclic) bond motifs is 2. The van der Waals surface area contributed by atoms with Crippen LogP contribution in [0.25, 0.3) is 0 Å². The Morgan fingerprint density at radius 2 is 1.83 bits per heavy atom. The van der Waals surface area contributed by atoms with Gasteiger partial charge in [-0.25, -0.2) is 0 Å². The minimum atomic E-state index is -0.904. The molecule has 1 fully saturated rings. The number of Topliss-reactive ketones (excluding diaryl/α,β-unsaturated/α-hetero) is 2. The average Bonchev–Trinajstić information content (AvgIpc) is 2.80. The lowest BCUT2D eigenvalue weighted by molar-refractivity contribution is -0.157. The highest BCUT2D eigenvalue weighted by Crippen LogP contribution is 2.55. The van der Waals surface area contributed by atoms with E-state index in [0.717, 1.165) is 6.42 Å². The summed E-state index contributed by atoms with van der Waals surface area (Å²) in [5.41, 5.74) is -0.142. The first-order valence-electron chi connectivity index (χ1n) is 8.93. The van der Waals surface area contributed by atoms with E-state index in [1.54, 1.807) is 6.08 Å². The first-order chi connectivity index (χ1) is 11.1. The number of hydrogen-bond donors (Lipinski definition) is 2. The van der Waals surface area contributed by atoms with Crippen molar-refractivity contribution in [3.63, 3.8) is 0 Å². The molecule has 5 atom stereocenters. The van der Waals surface area contributed by atoms with Crippen LogP contribution in [0.3, 0.4) is 0 Å². The van der Waals surface area contributed by atoms with E-state index in [4.69, 9.17) is 0 Å². The maximum atomic E-state index is 13.1. The van der Waals surface area contributed by atoms with Gasteiger partial charge in [0.25, 0.3) is 0 Å². The second-order valence-corrected chi connectivity index (χ2v) is 8.67. The Bertz CT molecular complexity index is 630. The smallest absolute Gasteiger partial charge is 0.187 e. The van der Waals surface area contributed by atoms with Gasteiger partial charge in [-0.05, 0) is 49.5 Å². The topological polar surface area (TPSA) is 74.6 Å². The van der Waals surface area contributed by atoms with Gasteiger partial charge in [0, 0.05) is 17.9 Å². The number of ketones is 2. The number of hydrogen-bond acceptors (Lipinski definition) is 4. The molecule has 4 heteroatoms. The van der Waals surface area contributed by atoms with Crippen molar-refractivity contribution in [3.05, 3.63) is 23.8 Å². The molecule has 0 aromatic rings. The molecular weight excluding hydrogens is 304 g/mol. The molecule has 0 aromatic heterocycles. The van der Waals surface area contributed by atoms with Crippen LogP contribution in [0, 0.1) is 22.7 Å². The molecule has 4 nitrogen and oxygen atoms in total. The van der Waals surface area contributed by atoms with E-state index >= 15 is 0 Å². The van der Waals surface area contributed by atoms with E-state index in [1.807, 2.05) is 6.92 Å². The van der Waals surface area contributed by atoms with Crippen molar-refractivity contribution in [2.75, 3.05) is 0 Å². The fraction of sp³-hybridized carbons (Fsp3) is 0.700. The van der Waals surface area contributed by atoms with E-state index in [-0.39, 0.29) is 28.8 Å². The summed E-state index contributed by atoms with van der Waals surface area (Å²) < 4.78 is 0. The zero-order valence-electron chi connectivity index (χ0n) is 14.8. The molecule has 1 saturated carbocycles. The van der Waals surface area contributed by atoms with Crippen LogP contribution in [-0.2, 0) is 9.59 Å². The van der Waals surface area contributed by atoms with Gasteiger partial charge >= 0.3 is 0 Å². The lowest BCUT2D eigenvalue weighted by Gasteiger charge is -2.53. The van der Waals surface area contributed by atoms with E-state index in [2.05, 4.69) is 20.4 Å². The summed E-state index contributed by atoms with van der Waals surface area (Å²) in [4.78, 5) is 25.5. The van der Waals surface area contributed by atoms with Gasteiger partial charge in [-0.3, -0.25) is 9.59 Å². The minimum Gasteiger partial charge on any atom is -0.392 e. The third kappa shape index (κ3) is 2.42. The van der Waals surface area contributed by atoms with Gasteiger partial charge in [0.15, 0.2) is 5.78 Å². The highest BCUT2D eigenvalue weighted by atomic mass is 16.3. The molecule has 0 spiro atoms. The number of rotatable bonds is 0. The quantitative estimate of drug-likeness (QED) is 0.669. The number of carbonyl (C=O) groups is 2. The Hall–Kier alpha value is -1.26. The number of allylic oxidation sites excluding steroid dienone is 2. The van der Waals surface area contributed by atoms with Crippen LogP contribution in [-0.4, -0.2) is 34.0 Å². The standard InChI is InChI=1S/C20H28O4/c1-11-12-5-6-16(22)20(4)15(19(2,3)8-7-17(20)23)10-14(21)13(9-12)18(11)24/h9,12,14-15,17,21,23H,1,5-8,10H2,2-4H3/t12-,14-,15-,17-,20-/m1/s1. The molecule has 0 heterocycles. The molecule has 3 aliphatic rings. The molecule has 0 amide bonds. The second kappa shape index (κ2) is 5.63. The summed E-state index contributed by atoms with van der Waals surface area (Å²) in [6, 6.07) is 0. The maximum absolute atomic E-state index is 13.1. The summed E-state index contributed by atoms with van der Waals surface area (Å²) >= 11 is 0. The summed E-state index contributed by atoms with van der Waals surface area (Å²) in [6.07, 6.45) is 2.78. The van der Waals surface area contributed by atoms with Gasteiger partial charge in [-0.2, -0.15) is 0 Å². The molecule has 0 saturated heterocycles. The second-order valence-electron chi connectivity index (χ2n) is 8.67. The van der Waals surface area contributed by atoms with Gasteiger partial charge in [-0.1, -0.05) is 26.5 Å². The Morgan fingerprint density at radius 3 is 2.50 bits per heavy atom. The van der Waals surface area contributed by atoms with Crippen LogP contribution < -0.4 is 0 Å². The Morgan fingerprint density at radius 1 is 1.17 bits per heavy atom. The summed E-state index contributed by atoms with van der Waals surface area (Å²) in [6.45, 7) is 9.91. The Labute approximate surface area is 143 Å². The maximum Gasteiger partial charge on any atom is 0.187 e. The van der Waals surface area contributed by atoms with Crippen LogP contribution in [0.1, 0.15) is 52.9 Å². The van der Waals surface area contributed by atoms with Crippen LogP contribution in [0.5, 0.6) is 0 Å². The van der Waals surface area contributed by atoms with E-state index in [9.17, 15) is 19.8 Å². The van der Waals surface area contributed by atoms with Gasteiger partial charge in [0.05, 0.1) is 17.6 Å². The summed E-state index contributed by atoms with van der Waals surface area (Å²) in [5.74, 6) is -0.461. The predicted octanol–water partition coefficient (Wildman–Crippen LogP) is 2.59. The van der Waals surface area contributed by atoms with Crippen molar-refractivity contribution in [2.24, 2.45) is 22.7 Å². The van der Waals surface area contributed by atoms with Crippen molar-refractivity contribution in [1.82, 2.24) is 0 Å². The largest absolute Gasteiger partial charge is 0.392 e. The molecule has 0 aliphatic heterocycles. The van der Waals surface area contributed by atoms with Crippen molar-refractivity contribution >= 4 is 11.6 Å². The molecule has 2 bridgehead atoms. The minimum absolute atomic E-state index is 0.0453. The first-order valence-corrected chi connectivity index (χ1v) is 8.93. The normalized spacial score (nSPS) is 42.5. The lowest BCUT2D eigenvalue weighted by Crippen LogP contribution is -2.55. The number of aliphatic hydroxyl groups excluding tert-OH is 2. The van der Waals surface area contributed by atoms with E-state index < -0.39 is 17.6 Å². The van der Waals surface area contributed by atoms with Crippen LogP contribution >= 0.6 is 0 Å². The fourth-order valence-electron chi connectivity index (χ4n) is 5.14. The van der Waals surface area contributed by atoms with Crippen LogP contribution in [0.4, 0.5) is 0 Å². The molecule has 3 aliphatic carbocycles. The van der Waals surface area contributed by atoms with E-state index in [0.29, 0.717) is 36.8 Å². The summed E-state index contributed by atoms with van der Waals surface area (Å²) in [7, 11) is 0. The fourth-order valence-corrected chi connectivity index (χ4v) is 5.14. The van der Waals surface area contributed by atoms with Gasteiger partial charge < -0.3 is 10.2 Å². The molecular formula is C20H28O4. The highest BCUT2D eigenvalue weighted by molar-refractivity contribution is 6.11. The van der Waals surface area contributed by atoms with Crippen molar-refractivity contribution in [1.29, 1.82) is 0 Å². The van der Waals surface area contributed by atoms with Crippen molar-refractivity contribution in [3.8, 4) is 0 Å². The van der Waals surface area contributed by atoms with Crippen LogP contribution in [0.2, 0.25) is 0 Å². The predicted molar refractivity (Wildman–Crippen MR) is 91.2 cm³/mol. The molecule has 3 rings (SSSR count). The lowest BCUT2D eigenvalue weighted by atomic mass is 9.52. The molecule has 2 N–H and O–H groups in total. The van der Waals surface area contributed by atoms with Gasteiger partial charge in [0.1, 0.15) is 5.78 Å². The number of aliphatic hydroxyl groups is 2.